The molecule has 0 aliphatic rings. The molecule has 0 spiro atoms. The summed E-state index contributed by atoms with van der Waals surface area (Å²) in [5.74, 6) is 0. The van der Waals surface area contributed by atoms with E-state index < -0.39 is 0 Å². The summed E-state index contributed by atoms with van der Waals surface area (Å²) in [5, 5.41) is 3.48. The lowest BCUT2D eigenvalue weighted by atomic mass is 10.1. The summed E-state index contributed by atoms with van der Waals surface area (Å²) in [6.45, 7) is 2.52. The van der Waals surface area contributed by atoms with E-state index in [4.69, 9.17) is 5.73 Å². The van der Waals surface area contributed by atoms with Crippen LogP contribution in [-0.2, 0) is 19.6 Å². The summed E-state index contributed by atoms with van der Waals surface area (Å²) < 4.78 is 2.50. The van der Waals surface area contributed by atoms with Gasteiger partial charge in [0.05, 0.1) is 0 Å². The third-order valence-electron chi connectivity index (χ3n) is 3.44. The molecule has 2 aromatic heterocycles. The molecule has 0 radical (unpaired) electrons. The molecular weight excluding hydrogens is 364 g/mol. The second-order valence-corrected chi connectivity index (χ2v) is 8.16. The lowest BCUT2D eigenvalue weighted by Gasteiger charge is -2.16. The Bertz CT molecular complexity index is 748. The Hall–Kier alpha value is -0.720. The lowest BCUT2D eigenvalue weighted by Crippen LogP contribution is -2.17. The summed E-state index contributed by atoms with van der Waals surface area (Å²) in [5.41, 5.74) is 7.32. The molecule has 0 unspecified atom stereocenters. The zero-order valence-corrected chi connectivity index (χ0v) is 15.0. The molecule has 1 aromatic carbocycles. The van der Waals surface area contributed by atoms with Crippen LogP contribution in [0.4, 0.5) is 0 Å². The van der Waals surface area contributed by atoms with Crippen LogP contribution in [0.5, 0.6) is 0 Å². The normalized spacial score (nSPS) is 11.6. The highest BCUT2D eigenvalue weighted by atomic mass is 79.9. The van der Waals surface area contributed by atoms with Gasteiger partial charge in [-0.3, -0.25) is 4.90 Å². The summed E-state index contributed by atoms with van der Waals surface area (Å²) in [6, 6.07) is 10.8. The van der Waals surface area contributed by atoms with Crippen LogP contribution in [-0.4, -0.2) is 11.9 Å². The minimum absolute atomic E-state index is 0.618. The predicted octanol–water partition coefficient (Wildman–Crippen LogP) is 4.82. The first kappa shape index (κ1) is 15.2. The van der Waals surface area contributed by atoms with E-state index in [1.54, 1.807) is 11.3 Å². The number of hydrogen-bond donors (Lipinski definition) is 1. The second-order valence-electron chi connectivity index (χ2n) is 5.11. The van der Waals surface area contributed by atoms with Crippen molar-refractivity contribution in [2.75, 3.05) is 7.05 Å². The first-order valence-corrected chi connectivity index (χ1v) is 9.27. The van der Waals surface area contributed by atoms with Crippen molar-refractivity contribution in [3.8, 4) is 0 Å². The summed E-state index contributed by atoms with van der Waals surface area (Å²) in [6.07, 6.45) is 0. The number of halogens is 1. The van der Waals surface area contributed by atoms with Gasteiger partial charge in [0.1, 0.15) is 0 Å². The van der Waals surface area contributed by atoms with E-state index in [9.17, 15) is 0 Å². The van der Waals surface area contributed by atoms with Crippen molar-refractivity contribution in [3.63, 3.8) is 0 Å². The van der Waals surface area contributed by atoms with E-state index >= 15 is 0 Å². The van der Waals surface area contributed by atoms with Crippen LogP contribution >= 0.6 is 38.6 Å². The Morgan fingerprint density at radius 2 is 2.05 bits per heavy atom. The molecule has 2 N–H and O–H groups in total. The van der Waals surface area contributed by atoms with Gasteiger partial charge in [0, 0.05) is 43.9 Å². The van der Waals surface area contributed by atoms with E-state index in [1.807, 2.05) is 11.3 Å². The third-order valence-corrected chi connectivity index (χ3v) is 6.36. The molecule has 110 valence electrons. The Labute approximate surface area is 141 Å². The zero-order chi connectivity index (χ0) is 14.8. The highest BCUT2D eigenvalue weighted by Gasteiger charge is 2.13. The molecule has 0 atom stereocenters. The minimum atomic E-state index is 0.618. The second kappa shape index (κ2) is 6.58. The van der Waals surface area contributed by atoms with E-state index in [1.165, 1.54) is 29.9 Å². The predicted molar refractivity (Wildman–Crippen MR) is 96.9 cm³/mol. The average Bonchev–Trinajstić information content (AvgIpc) is 3.03. The Morgan fingerprint density at radius 1 is 1.24 bits per heavy atom. The molecule has 0 saturated carbocycles. The van der Waals surface area contributed by atoms with Crippen LogP contribution in [0, 0.1) is 0 Å². The van der Waals surface area contributed by atoms with Gasteiger partial charge in [0.25, 0.3) is 0 Å². The monoisotopic (exact) mass is 380 g/mol. The molecule has 3 aromatic rings. The maximum Gasteiger partial charge on any atom is 0.0349 e. The van der Waals surface area contributed by atoms with Gasteiger partial charge in [-0.25, -0.2) is 0 Å². The first-order valence-electron chi connectivity index (χ1n) is 6.78. The van der Waals surface area contributed by atoms with Crippen LogP contribution in [0.1, 0.15) is 15.3 Å². The number of nitrogens with two attached hydrogens (primary N) is 1. The lowest BCUT2D eigenvalue weighted by molar-refractivity contribution is 0.322. The molecule has 2 heterocycles. The number of hydrogen-bond acceptors (Lipinski definition) is 4. The van der Waals surface area contributed by atoms with Crippen molar-refractivity contribution in [3.05, 3.63) is 55.5 Å². The topological polar surface area (TPSA) is 29.3 Å². The molecule has 21 heavy (non-hydrogen) atoms. The molecule has 0 saturated heterocycles. The largest absolute Gasteiger partial charge is 0.326 e. The third kappa shape index (κ3) is 3.38. The molecule has 5 heteroatoms. The van der Waals surface area contributed by atoms with Gasteiger partial charge in [-0.15, -0.1) is 22.7 Å². The molecule has 0 aliphatic carbocycles. The fourth-order valence-electron chi connectivity index (χ4n) is 2.52. The average molecular weight is 381 g/mol. The summed E-state index contributed by atoms with van der Waals surface area (Å²) in [7, 11) is 2.17. The molecule has 0 aliphatic heterocycles. The van der Waals surface area contributed by atoms with Crippen LogP contribution in [0.15, 0.2) is 40.2 Å². The summed E-state index contributed by atoms with van der Waals surface area (Å²) >= 11 is 7.13. The minimum Gasteiger partial charge on any atom is -0.326 e. The summed E-state index contributed by atoms with van der Waals surface area (Å²) in [4.78, 5) is 5.03. The van der Waals surface area contributed by atoms with Crippen LogP contribution in [0.25, 0.3) is 10.1 Å². The molecule has 0 amide bonds. The van der Waals surface area contributed by atoms with E-state index in [2.05, 4.69) is 63.6 Å². The van der Waals surface area contributed by atoms with Gasteiger partial charge in [-0.05, 0) is 46.1 Å². The van der Waals surface area contributed by atoms with Crippen molar-refractivity contribution < 1.29 is 0 Å². The van der Waals surface area contributed by atoms with Crippen molar-refractivity contribution in [2.24, 2.45) is 5.73 Å². The molecular formula is C16H17BrN2S2. The van der Waals surface area contributed by atoms with E-state index in [0.717, 1.165) is 13.1 Å². The highest BCUT2D eigenvalue weighted by molar-refractivity contribution is 9.10. The van der Waals surface area contributed by atoms with Crippen molar-refractivity contribution >= 4 is 48.7 Å². The Morgan fingerprint density at radius 3 is 2.76 bits per heavy atom. The number of nitrogens with zero attached hydrogens (tertiary/aromatic N) is 1. The quantitative estimate of drug-likeness (QED) is 0.687. The van der Waals surface area contributed by atoms with E-state index in [0.29, 0.717) is 6.54 Å². The standard InChI is InChI=1S/C16H17BrN2S2/c1-19(8-12-6-11(17)10-20-12)9-14-13-4-2-3-5-15(13)21-16(14)7-18/h2-6,10H,7-9,18H2,1H3. The van der Waals surface area contributed by atoms with Gasteiger partial charge in [0.15, 0.2) is 0 Å². The number of benzene rings is 1. The van der Waals surface area contributed by atoms with Crippen molar-refractivity contribution in [2.45, 2.75) is 19.6 Å². The number of fused-ring (bicyclic) bond motifs is 1. The smallest absolute Gasteiger partial charge is 0.0349 e. The molecule has 0 fully saturated rings. The van der Waals surface area contributed by atoms with Gasteiger partial charge >= 0.3 is 0 Å². The molecule has 2 nitrogen and oxygen atoms in total. The van der Waals surface area contributed by atoms with Crippen LogP contribution < -0.4 is 5.73 Å². The number of rotatable bonds is 5. The number of thiophene rings is 2. The zero-order valence-electron chi connectivity index (χ0n) is 11.8. The van der Waals surface area contributed by atoms with E-state index in [-0.39, 0.29) is 0 Å². The molecule has 3 rings (SSSR count). The Balaban J connectivity index is 1.83. The fourth-order valence-corrected chi connectivity index (χ4v) is 5.14. The maximum atomic E-state index is 5.93. The van der Waals surface area contributed by atoms with Crippen molar-refractivity contribution in [1.29, 1.82) is 0 Å². The first-order chi connectivity index (χ1) is 10.2. The van der Waals surface area contributed by atoms with Crippen molar-refractivity contribution in [1.82, 2.24) is 4.90 Å². The van der Waals surface area contributed by atoms with Gasteiger partial charge in [0.2, 0.25) is 0 Å². The molecule has 0 bridgehead atoms. The van der Waals surface area contributed by atoms with Gasteiger partial charge in [-0.2, -0.15) is 0 Å². The van der Waals surface area contributed by atoms with Gasteiger partial charge in [-0.1, -0.05) is 18.2 Å². The fraction of sp³-hybridized carbons (Fsp3) is 0.250. The van der Waals surface area contributed by atoms with Crippen LogP contribution in [0.3, 0.4) is 0 Å². The Kier molecular flexibility index (Phi) is 4.76. The van der Waals surface area contributed by atoms with Crippen LogP contribution in [0.2, 0.25) is 0 Å². The maximum absolute atomic E-state index is 5.93. The van der Waals surface area contributed by atoms with Gasteiger partial charge < -0.3 is 5.73 Å². The highest BCUT2D eigenvalue weighted by Crippen LogP contribution is 2.32. The SMILES string of the molecule is CN(Cc1cc(Br)cs1)Cc1c(CN)sc2ccccc12.